The molecule has 14 heavy (non-hydrogen) atoms. The van der Waals surface area contributed by atoms with Gasteiger partial charge in [-0.05, 0) is 38.0 Å². The van der Waals surface area contributed by atoms with Gasteiger partial charge in [0, 0.05) is 6.04 Å². The molecule has 1 rings (SSSR count). The van der Waals surface area contributed by atoms with Crippen molar-refractivity contribution in [3.05, 3.63) is 11.6 Å². The van der Waals surface area contributed by atoms with E-state index in [9.17, 15) is 0 Å². The third-order valence-corrected chi connectivity index (χ3v) is 3.33. The van der Waals surface area contributed by atoms with Crippen LogP contribution in [-0.4, -0.2) is 6.04 Å². The SMILES string of the molecule is CCCC(CCC)C(N)C1=CCCC1. The average Bonchev–Trinajstić information content (AvgIpc) is 2.69. The lowest BCUT2D eigenvalue weighted by Crippen LogP contribution is -2.31. The summed E-state index contributed by atoms with van der Waals surface area (Å²) >= 11 is 0. The van der Waals surface area contributed by atoms with E-state index >= 15 is 0 Å². The summed E-state index contributed by atoms with van der Waals surface area (Å²) in [4.78, 5) is 0. The van der Waals surface area contributed by atoms with Crippen LogP contribution in [0.2, 0.25) is 0 Å². The van der Waals surface area contributed by atoms with E-state index in [-0.39, 0.29) is 0 Å². The first-order chi connectivity index (χ1) is 6.79. The quantitative estimate of drug-likeness (QED) is 0.643. The third-order valence-electron chi connectivity index (χ3n) is 3.33. The van der Waals surface area contributed by atoms with Gasteiger partial charge in [0.25, 0.3) is 0 Å². The molecule has 0 amide bonds. The Labute approximate surface area is 88.8 Å². The summed E-state index contributed by atoms with van der Waals surface area (Å²) < 4.78 is 0. The largest absolute Gasteiger partial charge is 0.324 e. The lowest BCUT2D eigenvalue weighted by Gasteiger charge is -2.24. The van der Waals surface area contributed by atoms with Gasteiger partial charge in [-0.1, -0.05) is 38.3 Å². The molecular weight excluding hydrogens is 170 g/mol. The smallest absolute Gasteiger partial charge is 0.0282 e. The summed E-state index contributed by atoms with van der Waals surface area (Å²) in [6, 6.07) is 0.359. The van der Waals surface area contributed by atoms with E-state index < -0.39 is 0 Å². The standard InChI is InChI=1S/C13H25N/c1-3-7-11(8-4-2)13(14)12-9-5-6-10-12/h9,11,13H,3-8,10,14H2,1-2H3. The molecule has 1 aliphatic carbocycles. The van der Waals surface area contributed by atoms with E-state index in [4.69, 9.17) is 5.73 Å². The fourth-order valence-corrected chi connectivity index (χ4v) is 2.55. The normalized spacial score (nSPS) is 18.7. The van der Waals surface area contributed by atoms with E-state index in [1.807, 2.05) is 0 Å². The number of nitrogens with two attached hydrogens (primary N) is 1. The van der Waals surface area contributed by atoms with Crippen molar-refractivity contribution in [1.82, 2.24) is 0 Å². The van der Waals surface area contributed by atoms with E-state index in [1.54, 1.807) is 0 Å². The molecule has 0 bridgehead atoms. The molecule has 82 valence electrons. The molecule has 1 nitrogen and oxygen atoms in total. The topological polar surface area (TPSA) is 26.0 Å². The molecule has 1 aliphatic rings. The summed E-state index contributed by atoms with van der Waals surface area (Å²) in [6.07, 6.45) is 11.4. The highest BCUT2D eigenvalue weighted by molar-refractivity contribution is 5.15. The minimum Gasteiger partial charge on any atom is -0.324 e. The lowest BCUT2D eigenvalue weighted by atomic mass is 9.86. The van der Waals surface area contributed by atoms with Gasteiger partial charge in [-0.3, -0.25) is 0 Å². The second-order valence-corrected chi connectivity index (χ2v) is 4.53. The zero-order valence-corrected chi connectivity index (χ0v) is 9.76. The molecule has 1 unspecified atom stereocenters. The highest BCUT2D eigenvalue weighted by Gasteiger charge is 2.21. The average molecular weight is 195 g/mol. The molecule has 0 aromatic heterocycles. The van der Waals surface area contributed by atoms with Gasteiger partial charge in [-0.25, -0.2) is 0 Å². The van der Waals surface area contributed by atoms with Gasteiger partial charge in [0.05, 0.1) is 0 Å². The van der Waals surface area contributed by atoms with E-state index in [0.717, 1.165) is 5.92 Å². The van der Waals surface area contributed by atoms with E-state index in [0.29, 0.717) is 6.04 Å². The Kier molecular flexibility index (Phi) is 5.24. The van der Waals surface area contributed by atoms with Crippen LogP contribution in [0.4, 0.5) is 0 Å². The molecular formula is C13H25N. The predicted octanol–water partition coefficient (Wildman–Crippen LogP) is 3.64. The Hall–Kier alpha value is -0.300. The van der Waals surface area contributed by atoms with Crippen LogP contribution >= 0.6 is 0 Å². The summed E-state index contributed by atoms with van der Waals surface area (Å²) in [5.41, 5.74) is 7.87. The van der Waals surface area contributed by atoms with Crippen LogP contribution in [0.15, 0.2) is 11.6 Å². The van der Waals surface area contributed by atoms with Crippen LogP contribution in [0.25, 0.3) is 0 Å². The Balaban J connectivity index is 2.48. The van der Waals surface area contributed by atoms with E-state index in [2.05, 4.69) is 19.9 Å². The van der Waals surface area contributed by atoms with Crippen molar-refractivity contribution in [2.24, 2.45) is 11.7 Å². The zero-order valence-electron chi connectivity index (χ0n) is 9.76. The van der Waals surface area contributed by atoms with Gasteiger partial charge in [0.1, 0.15) is 0 Å². The summed E-state index contributed by atoms with van der Waals surface area (Å²) in [5.74, 6) is 0.731. The van der Waals surface area contributed by atoms with Gasteiger partial charge < -0.3 is 5.73 Å². The molecule has 0 spiro atoms. The molecule has 0 aromatic carbocycles. The monoisotopic (exact) mass is 195 g/mol. The van der Waals surface area contributed by atoms with Crippen molar-refractivity contribution >= 4 is 0 Å². The molecule has 0 heterocycles. The molecule has 0 aliphatic heterocycles. The van der Waals surface area contributed by atoms with Crippen LogP contribution in [0.1, 0.15) is 58.8 Å². The van der Waals surface area contributed by atoms with Crippen LogP contribution in [0.5, 0.6) is 0 Å². The molecule has 1 heteroatoms. The van der Waals surface area contributed by atoms with Crippen molar-refractivity contribution in [2.75, 3.05) is 0 Å². The zero-order chi connectivity index (χ0) is 10.4. The molecule has 0 radical (unpaired) electrons. The highest BCUT2D eigenvalue weighted by Crippen LogP contribution is 2.27. The van der Waals surface area contributed by atoms with Crippen molar-refractivity contribution in [1.29, 1.82) is 0 Å². The number of hydrogen-bond acceptors (Lipinski definition) is 1. The van der Waals surface area contributed by atoms with Crippen LogP contribution < -0.4 is 5.73 Å². The highest BCUT2D eigenvalue weighted by atomic mass is 14.7. The lowest BCUT2D eigenvalue weighted by molar-refractivity contribution is 0.387. The second kappa shape index (κ2) is 6.23. The van der Waals surface area contributed by atoms with Crippen LogP contribution in [0, 0.1) is 5.92 Å². The van der Waals surface area contributed by atoms with Crippen molar-refractivity contribution in [3.63, 3.8) is 0 Å². The number of rotatable bonds is 6. The predicted molar refractivity (Wildman–Crippen MR) is 63.2 cm³/mol. The van der Waals surface area contributed by atoms with Crippen molar-refractivity contribution in [3.8, 4) is 0 Å². The molecule has 0 aromatic rings. The number of hydrogen-bond donors (Lipinski definition) is 1. The van der Waals surface area contributed by atoms with Gasteiger partial charge in [0.2, 0.25) is 0 Å². The summed E-state index contributed by atoms with van der Waals surface area (Å²) in [6.45, 7) is 4.52. The maximum atomic E-state index is 6.33. The third kappa shape index (κ3) is 3.13. The first kappa shape index (κ1) is 11.8. The molecule has 0 fully saturated rings. The van der Waals surface area contributed by atoms with Crippen molar-refractivity contribution < 1.29 is 0 Å². The Morgan fingerprint density at radius 2 is 1.93 bits per heavy atom. The summed E-state index contributed by atoms with van der Waals surface area (Å²) in [5, 5.41) is 0. The molecule has 0 saturated carbocycles. The first-order valence-corrected chi connectivity index (χ1v) is 6.24. The maximum absolute atomic E-state index is 6.33. The molecule has 2 N–H and O–H groups in total. The van der Waals surface area contributed by atoms with Gasteiger partial charge in [-0.2, -0.15) is 0 Å². The fraction of sp³-hybridized carbons (Fsp3) is 0.846. The Morgan fingerprint density at radius 1 is 1.29 bits per heavy atom. The Bertz CT molecular complexity index is 178. The maximum Gasteiger partial charge on any atom is 0.0282 e. The Morgan fingerprint density at radius 3 is 2.36 bits per heavy atom. The van der Waals surface area contributed by atoms with Gasteiger partial charge in [-0.15, -0.1) is 0 Å². The first-order valence-electron chi connectivity index (χ1n) is 6.24. The van der Waals surface area contributed by atoms with Gasteiger partial charge >= 0.3 is 0 Å². The van der Waals surface area contributed by atoms with Crippen LogP contribution in [-0.2, 0) is 0 Å². The molecule has 1 atom stereocenters. The minimum atomic E-state index is 0.359. The van der Waals surface area contributed by atoms with Gasteiger partial charge in [0.15, 0.2) is 0 Å². The second-order valence-electron chi connectivity index (χ2n) is 4.53. The molecule has 0 saturated heterocycles. The minimum absolute atomic E-state index is 0.359. The van der Waals surface area contributed by atoms with Crippen LogP contribution in [0.3, 0.4) is 0 Å². The van der Waals surface area contributed by atoms with Crippen molar-refractivity contribution in [2.45, 2.75) is 64.8 Å². The summed E-state index contributed by atoms with van der Waals surface area (Å²) in [7, 11) is 0. The van der Waals surface area contributed by atoms with E-state index in [1.165, 1.54) is 50.5 Å². The fourth-order valence-electron chi connectivity index (χ4n) is 2.55. The number of allylic oxidation sites excluding steroid dienone is 1.